The van der Waals surface area contributed by atoms with E-state index in [1.165, 1.54) is 0 Å². The van der Waals surface area contributed by atoms with Crippen molar-refractivity contribution < 1.29 is 19.4 Å². The Bertz CT molecular complexity index is 570. The van der Waals surface area contributed by atoms with E-state index in [0.717, 1.165) is 17.4 Å². The second kappa shape index (κ2) is 7.09. The van der Waals surface area contributed by atoms with Crippen LogP contribution in [0.1, 0.15) is 11.1 Å². The second-order valence-corrected chi connectivity index (χ2v) is 4.21. The van der Waals surface area contributed by atoms with Gasteiger partial charge in [-0.2, -0.15) is 0 Å². The number of benzene rings is 1. The molecule has 0 aromatic heterocycles. The molecule has 0 aliphatic rings. The van der Waals surface area contributed by atoms with E-state index in [1.807, 2.05) is 12.1 Å². The molecule has 0 atom stereocenters. The van der Waals surface area contributed by atoms with Crippen LogP contribution in [0.5, 0.6) is 0 Å². The number of ether oxygens (including phenoxy) is 1. The summed E-state index contributed by atoms with van der Waals surface area (Å²) in [6, 6.07) is 7.24. The fraction of sp³-hybridized carbons (Fsp3) is 0.125. The second-order valence-electron chi connectivity index (χ2n) is 4.21. The summed E-state index contributed by atoms with van der Waals surface area (Å²) in [4.78, 5) is 22.3. The molecule has 4 nitrogen and oxygen atoms in total. The van der Waals surface area contributed by atoms with E-state index in [2.05, 4.69) is 24.5 Å². The van der Waals surface area contributed by atoms with Gasteiger partial charge in [0, 0.05) is 24.0 Å². The molecule has 0 spiro atoms. The quantitative estimate of drug-likeness (QED) is 0.471. The zero-order valence-electron chi connectivity index (χ0n) is 11.1. The largest absolute Gasteiger partial charge is 0.478 e. The molecular weight excluding hydrogens is 256 g/mol. The van der Waals surface area contributed by atoms with Gasteiger partial charge in [0.1, 0.15) is 0 Å². The minimum absolute atomic E-state index is 0.0942. The minimum Gasteiger partial charge on any atom is -0.478 e. The van der Waals surface area contributed by atoms with Gasteiger partial charge in [0.2, 0.25) is 0 Å². The highest BCUT2D eigenvalue weighted by atomic mass is 16.5. The van der Waals surface area contributed by atoms with Crippen LogP contribution in [0.2, 0.25) is 0 Å². The SMILES string of the molecule is C=COC(=O)C(=C)Cc1ccccc1CC(=C)C(=O)O. The van der Waals surface area contributed by atoms with Crippen LogP contribution in [0.4, 0.5) is 0 Å². The number of hydrogen-bond acceptors (Lipinski definition) is 3. The molecule has 1 N–H and O–H groups in total. The van der Waals surface area contributed by atoms with Crippen LogP contribution in [-0.2, 0) is 27.2 Å². The minimum atomic E-state index is -1.04. The number of carbonyl (C=O) groups is 2. The predicted molar refractivity (Wildman–Crippen MR) is 76.1 cm³/mol. The molecule has 0 fully saturated rings. The summed E-state index contributed by atoms with van der Waals surface area (Å²) in [5, 5.41) is 8.87. The van der Waals surface area contributed by atoms with E-state index in [1.54, 1.807) is 12.1 Å². The maximum atomic E-state index is 11.5. The van der Waals surface area contributed by atoms with E-state index >= 15 is 0 Å². The number of carbonyl (C=O) groups excluding carboxylic acids is 1. The third-order valence-electron chi connectivity index (χ3n) is 2.71. The standard InChI is InChI=1S/C16H16O4/c1-4-20-16(19)12(3)10-14-8-6-5-7-13(14)9-11(2)15(17)18/h4-8H,1-3,9-10H2,(H,17,18). The normalized spacial score (nSPS) is 9.60. The Morgan fingerprint density at radius 3 is 2.05 bits per heavy atom. The molecule has 0 bridgehead atoms. The van der Waals surface area contributed by atoms with Crippen LogP contribution in [0.3, 0.4) is 0 Å². The number of hydrogen-bond donors (Lipinski definition) is 1. The van der Waals surface area contributed by atoms with Gasteiger partial charge in [0.15, 0.2) is 0 Å². The van der Waals surface area contributed by atoms with E-state index in [0.29, 0.717) is 0 Å². The van der Waals surface area contributed by atoms with Crippen LogP contribution in [0.25, 0.3) is 0 Å². The van der Waals surface area contributed by atoms with Crippen LogP contribution in [0, 0.1) is 0 Å². The van der Waals surface area contributed by atoms with Crippen LogP contribution in [0.15, 0.2) is 61.4 Å². The van der Waals surface area contributed by atoms with Gasteiger partial charge in [0.25, 0.3) is 0 Å². The molecule has 0 amide bonds. The lowest BCUT2D eigenvalue weighted by atomic mass is 9.96. The molecule has 0 radical (unpaired) electrons. The number of rotatable bonds is 7. The molecule has 0 saturated heterocycles. The molecule has 1 aromatic rings. The van der Waals surface area contributed by atoms with Crippen molar-refractivity contribution in [3.8, 4) is 0 Å². The van der Waals surface area contributed by atoms with Gasteiger partial charge in [-0.15, -0.1) is 0 Å². The maximum absolute atomic E-state index is 11.5. The molecule has 104 valence electrons. The average molecular weight is 272 g/mol. The first-order chi connectivity index (χ1) is 9.45. The van der Waals surface area contributed by atoms with Gasteiger partial charge in [0.05, 0.1) is 6.26 Å². The van der Waals surface area contributed by atoms with Crippen LogP contribution >= 0.6 is 0 Å². The molecule has 1 rings (SSSR count). The molecular formula is C16H16O4. The van der Waals surface area contributed by atoms with Crippen LogP contribution < -0.4 is 0 Å². The van der Waals surface area contributed by atoms with E-state index < -0.39 is 11.9 Å². The maximum Gasteiger partial charge on any atom is 0.338 e. The Kier molecular flexibility index (Phi) is 5.47. The van der Waals surface area contributed by atoms with Crippen molar-refractivity contribution in [3.63, 3.8) is 0 Å². The first-order valence-corrected chi connectivity index (χ1v) is 5.93. The summed E-state index contributed by atoms with van der Waals surface area (Å²) < 4.78 is 4.65. The van der Waals surface area contributed by atoms with Gasteiger partial charge in [-0.05, 0) is 11.1 Å². The Balaban J connectivity index is 2.88. The fourth-order valence-corrected chi connectivity index (χ4v) is 1.67. The molecule has 1 aromatic carbocycles. The Hall–Kier alpha value is -2.62. The van der Waals surface area contributed by atoms with Crippen molar-refractivity contribution in [2.24, 2.45) is 0 Å². The topological polar surface area (TPSA) is 63.6 Å². The van der Waals surface area contributed by atoms with Gasteiger partial charge in [-0.3, -0.25) is 0 Å². The molecule has 0 unspecified atom stereocenters. The summed E-state index contributed by atoms with van der Waals surface area (Å²) in [6.45, 7) is 10.5. The third-order valence-corrected chi connectivity index (χ3v) is 2.71. The monoisotopic (exact) mass is 272 g/mol. The van der Waals surface area contributed by atoms with E-state index in [9.17, 15) is 9.59 Å². The van der Waals surface area contributed by atoms with Crippen molar-refractivity contribution in [2.75, 3.05) is 0 Å². The highest BCUT2D eigenvalue weighted by Gasteiger charge is 2.13. The summed E-state index contributed by atoms with van der Waals surface area (Å²) in [6.07, 6.45) is 1.55. The summed E-state index contributed by atoms with van der Waals surface area (Å²) in [5.41, 5.74) is 1.99. The Morgan fingerprint density at radius 1 is 1.10 bits per heavy atom. The Labute approximate surface area is 117 Å². The van der Waals surface area contributed by atoms with Gasteiger partial charge < -0.3 is 9.84 Å². The number of esters is 1. The number of carboxylic acid groups (broad SMARTS) is 1. The smallest absolute Gasteiger partial charge is 0.338 e. The highest BCUT2D eigenvalue weighted by Crippen LogP contribution is 2.17. The van der Waals surface area contributed by atoms with Gasteiger partial charge >= 0.3 is 11.9 Å². The molecule has 0 aliphatic carbocycles. The fourth-order valence-electron chi connectivity index (χ4n) is 1.67. The van der Waals surface area contributed by atoms with E-state index in [-0.39, 0.29) is 24.0 Å². The molecule has 0 aliphatic heterocycles. The summed E-state index contributed by atoms with van der Waals surface area (Å²) in [7, 11) is 0. The van der Waals surface area contributed by atoms with Gasteiger partial charge in [-0.1, -0.05) is 44.0 Å². The first kappa shape index (κ1) is 15.4. The van der Waals surface area contributed by atoms with Crippen molar-refractivity contribution in [3.05, 3.63) is 72.5 Å². The average Bonchev–Trinajstić information content (AvgIpc) is 2.40. The summed E-state index contributed by atoms with van der Waals surface area (Å²) in [5.74, 6) is -1.59. The van der Waals surface area contributed by atoms with Crippen molar-refractivity contribution in [2.45, 2.75) is 12.8 Å². The zero-order valence-corrected chi connectivity index (χ0v) is 11.1. The lowest BCUT2D eigenvalue weighted by molar-refractivity contribution is -0.134. The van der Waals surface area contributed by atoms with Crippen LogP contribution in [-0.4, -0.2) is 17.0 Å². The highest BCUT2D eigenvalue weighted by molar-refractivity contribution is 5.89. The van der Waals surface area contributed by atoms with Crippen molar-refractivity contribution in [1.82, 2.24) is 0 Å². The molecule has 0 heterocycles. The molecule has 0 saturated carbocycles. The van der Waals surface area contributed by atoms with Gasteiger partial charge in [-0.25, -0.2) is 9.59 Å². The summed E-state index contributed by atoms with van der Waals surface area (Å²) >= 11 is 0. The number of carboxylic acids is 1. The lowest BCUT2D eigenvalue weighted by Crippen LogP contribution is -2.08. The number of aliphatic carboxylic acids is 1. The van der Waals surface area contributed by atoms with Crippen molar-refractivity contribution in [1.29, 1.82) is 0 Å². The zero-order chi connectivity index (χ0) is 15.1. The molecule has 4 heteroatoms. The molecule has 20 heavy (non-hydrogen) atoms. The first-order valence-electron chi connectivity index (χ1n) is 5.93. The predicted octanol–water partition coefficient (Wildman–Crippen LogP) is 2.66. The lowest BCUT2D eigenvalue weighted by Gasteiger charge is -2.10. The van der Waals surface area contributed by atoms with Crippen molar-refractivity contribution >= 4 is 11.9 Å². The Morgan fingerprint density at radius 2 is 1.60 bits per heavy atom. The van der Waals surface area contributed by atoms with E-state index in [4.69, 9.17) is 5.11 Å². The third kappa shape index (κ3) is 4.24.